The van der Waals surface area contributed by atoms with Gasteiger partial charge in [0.05, 0.1) is 11.3 Å². The molecule has 0 fully saturated rings. The van der Waals surface area contributed by atoms with Gasteiger partial charge in [-0.15, -0.1) is 0 Å². The van der Waals surface area contributed by atoms with E-state index < -0.39 is 5.82 Å². The molecule has 92 valence electrons. The lowest BCUT2D eigenvalue weighted by atomic mass is 10.2. The molecule has 0 aliphatic rings. The number of pyridine rings is 1. The van der Waals surface area contributed by atoms with Gasteiger partial charge in [-0.2, -0.15) is 0 Å². The quantitative estimate of drug-likeness (QED) is 0.798. The fraction of sp³-hybridized carbons (Fsp3) is 0.0769. The first-order chi connectivity index (χ1) is 8.56. The minimum Gasteiger partial charge on any atom is -0.396 e. The summed E-state index contributed by atoms with van der Waals surface area (Å²) in [5, 5.41) is 2.58. The summed E-state index contributed by atoms with van der Waals surface area (Å²) in [5.41, 5.74) is 7.06. The van der Waals surface area contributed by atoms with Gasteiger partial charge in [-0.05, 0) is 36.8 Å². The first kappa shape index (κ1) is 12.0. The summed E-state index contributed by atoms with van der Waals surface area (Å²) < 4.78 is 13.2. The van der Waals surface area contributed by atoms with E-state index >= 15 is 0 Å². The van der Waals surface area contributed by atoms with Crippen molar-refractivity contribution >= 4 is 17.3 Å². The number of nitrogens with zero attached hydrogens (tertiary/aromatic N) is 1. The third-order valence-corrected chi connectivity index (χ3v) is 2.40. The molecule has 1 aromatic heterocycles. The number of nitrogens with two attached hydrogens (primary N) is 1. The van der Waals surface area contributed by atoms with Gasteiger partial charge in [-0.1, -0.05) is 0 Å². The van der Waals surface area contributed by atoms with Gasteiger partial charge in [-0.25, -0.2) is 4.39 Å². The third kappa shape index (κ3) is 2.63. The highest BCUT2D eigenvalue weighted by molar-refractivity contribution is 6.04. The van der Waals surface area contributed by atoms with Gasteiger partial charge in [0.2, 0.25) is 0 Å². The molecule has 5 heteroatoms. The first-order valence-electron chi connectivity index (χ1n) is 5.34. The van der Waals surface area contributed by atoms with E-state index in [9.17, 15) is 9.18 Å². The van der Waals surface area contributed by atoms with Gasteiger partial charge in [0.15, 0.2) is 0 Å². The van der Waals surface area contributed by atoms with Gasteiger partial charge in [0.25, 0.3) is 5.91 Å². The number of aryl methyl sites for hydroxylation is 1. The summed E-state index contributed by atoms with van der Waals surface area (Å²) in [6.45, 7) is 1.84. The van der Waals surface area contributed by atoms with E-state index in [1.807, 2.05) is 6.92 Å². The van der Waals surface area contributed by atoms with E-state index in [-0.39, 0.29) is 11.6 Å². The van der Waals surface area contributed by atoms with Crippen molar-refractivity contribution in [1.82, 2.24) is 4.98 Å². The third-order valence-electron chi connectivity index (χ3n) is 2.40. The Labute approximate surface area is 104 Å². The fourth-order valence-electron chi connectivity index (χ4n) is 1.49. The number of nitrogen functional groups attached to an aromatic ring is 1. The smallest absolute Gasteiger partial charge is 0.257 e. The van der Waals surface area contributed by atoms with Crippen LogP contribution < -0.4 is 11.1 Å². The maximum Gasteiger partial charge on any atom is 0.257 e. The van der Waals surface area contributed by atoms with E-state index in [0.717, 1.165) is 5.56 Å². The van der Waals surface area contributed by atoms with Crippen LogP contribution in [-0.4, -0.2) is 10.9 Å². The molecule has 2 aromatic rings. The molecule has 0 bridgehead atoms. The lowest BCUT2D eigenvalue weighted by Gasteiger charge is -2.06. The molecule has 3 N–H and O–H groups in total. The van der Waals surface area contributed by atoms with E-state index in [1.54, 1.807) is 18.3 Å². The van der Waals surface area contributed by atoms with E-state index in [2.05, 4.69) is 10.3 Å². The zero-order valence-electron chi connectivity index (χ0n) is 9.77. The van der Waals surface area contributed by atoms with Crippen LogP contribution in [0.2, 0.25) is 0 Å². The van der Waals surface area contributed by atoms with Gasteiger partial charge in [0.1, 0.15) is 5.82 Å². The van der Waals surface area contributed by atoms with Crippen molar-refractivity contribution < 1.29 is 9.18 Å². The Balaban J connectivity index is 2.18. The van der Waals surface area contributed by atoms with E-state index in [0.29, 0.717) is 11.3 Å². The summed E-state index contributed by atoms with van der Waals surface area (Å²) in [6.07, 6.45) is 3.11. The van der Waals surface area contributed by atoms with Crippen molar-refractivity contribution in [1.29, 1.82) is 0 Å². The summed E-state index contributed by atoms with van der Waals surface area (Å²) in [5.74, 6) is -0.898. The number of hydrogen-bond acceptors (Lipinski definition) is 3. The maximum absolute atomic E-state index is 13.2. The Morgan fingerprint density at radius 1 is 1.33 bits per heavy atom. The van der Waals surface area contributed by atoms with Crippen LogP contribution in [0.4, 0.5) is 15.8 Å². The normalized spacial score (nSPS) is 10.1. The summed E-state index contributed by atoms with van der Waals surface area (Å²) in [7, 11) is 0. The molecule has 0 radical (unpaired) electrons. The highest BCUT2D eigenvalue weighted by atomic mass is 19.1. The molecule has 4 nitrogen and oxygen atoms in total. The number of nitrogens with one attached hydrogen (secondary N) is 1. The number of halogens is 1. The number of aromatic nitrogens is 1. The number of rotatable bonds is 2. The highest BCUT2D eigenvalue weighted by Crippen LogP contribution is 2.16. The second-order valence-corrected chi connectivity index (χ2v) is 3.94. The molecular weight excluding hydrogens is 233 g/mol. The number of carbonyl (C=O) groups excluding carboxylic acids is 1. The topological polar surface area (TPSA) is 68.0 Å². The molecule has 1 heterocycles. The zero-order valence-corrected chi connectivity index (χ0v) is 9.77. The molecule has 0 saturated carbocycles. The highest BCUT2D eigenvalue weighted by Gasteiger charge is 2.08. The molecule has 0 saturated heterocycles. The monoisotopic (exact) mass is 245 g/mol. The minimum atomic E-state index is -0.560. The summed E-state index contributed by atoms with van der Waals surface area (Å²) in [4.78, 5) is 15.8. The van der Waals surface area contributed by atoms with Gasteiger partial charge in [-0.3, -0.25) is 9.78 Å². The van der Waals surface area contributed by atoms with Crippen LogP contribution in [0.15, 0.2) is 36.7 Å². The van der Waals surface area contributed by atoms with E-state index in [4.69, 9.17) is 5.73 Å². The maximum atomic E-state index is 13.2. The lowest BCUT2D eigenvalue weighted by Crippen LogP contribution is -2.12. The standard InChI is InChI=1S/C13H12FN3O/c1-8-4-9(7-16-6-8)13(18)17-10-2-3-12(15)11(14)5-10/h2-7H,15H2,1H3,(H,17,18). The average Bonchev–Trinajstić information content (AvgIpc) is 2.34. The van der Waals surface area contributed by atoms with Crippen LogP contribution in [0.25, 0.3) is 0 Å². The molecule has 0 aliphatic heterocycles. The van der Waals surface area contributed by atoms with Crippen molar-refractivity contribution in [3.63, 3.8) is 0 Å². The van der Waals surface area contributed by atoms with Crippen molar-refractivity contribution in [3.8, 4) is 0 Å². The van der Waals surface area contributed by atoms with Crippen LogP contribution in [-0.2, 0) is 0 Å². The Hall–Kier alpha value is -2.43. The minimum absolute atomic E-state index is 0.0465. The molecule has 2 rings (SSSR count). The molecule has 0 aliphatic carbocycles. The van der Waals surface area contributed by atoms with Crippen molar-refractivity contribution in [2.24, 2.45) is 0 Å². The van der Waals surface area contributed by atoms with Crippen molar-refractivity contribution in [2.75, 3.05) is 11.1 Å². The Morgan fingerprint density at radius 3 is 2.78 bits per heavy atom. The molecule has 18 heavy (non-hydrogen) atoms. The number of amides is 1. The van der Waals surface area contributed by atoms with Crippen LogP contribution >= 0.6 is 0 Å². The Bertz CT molecular complexity index is 599. The van der Waals surface area contributed by atoms with Crippen LogP contribution in [0.1, 0.15) is 15.9 Å². The van der Waals surface area contributed by atoms with Crippen LogP contribution in [0.5, 0.6) is 0 Å². The summed E-state index contributed by atoms with van der Waals surface area (Å²) in [6, 6.07) is 5.82. The first-order valence-corrected chi connectivity index (χ1v) is 5.34. The molecular formula is C13H12FN3O. The largest absolute Gasteiger partial charge is 0.396 e. The average molecular weight is 245 g/mol. The second-order valence-electron chi connectivity index (χ2n) is 3.94. The van der Waals surface area contributed by atoms with Crippen LogP contribution in [0.3, 0.4) is 0 Å². The molecule has 1 aromatic carbocycles. The zero-order chi connectivity index (χ0) is 13.1. The number of hydrogen-bond donors (Lipinski definition) is 2. The number of carbonyl (C=O) groups is 1. The molecule has 0 spiro atoms. The molecule has 1 amide bonds. The van der Waals surface area contributed by atoms with Gasteiger partial charge < -0.3 is 11.1 Å². The SMILES string of the molecule is Cc1cncc(C(=O)Nc2ccc(N)c(F)c2)c1. The summed E-state index contributed by atoms with van der Waals surface area (Å²) >= 11 is 0. The Kier molecular flexibility index (Phi) is 3.23. The van der Waals surface area contributed by atoms with Crippen molar-refractivity contribution in [2.45, 2.75) is 6.92 Å². The second kappa shape index (κ2) is 4.83. The number of benzene rings is 1. The number of anilines is 2. The van der Waals surface area contributed by atoms with E-state index in [1.165, 1.54) is 18.3 Å². The van der Waals surface area contributed by atoms with Gasteiger partial charge in [0, 0.05) is 18.1 Å². The van der Waals surface area contributed by atoms with Crippen LogP contribution in [0, 0.1) is 12.7 Å². The lowest BCUT2D eigenvalue weighted by molar-refractivity contribution is 0.102. The predicted molar refractivity (Wildman–Crippen MR) is 67.7 cm³/mol. The molecule has 0 unspecified atom stereocenters. The predicted octanol–water partition coefficient (Wildman–Crippen LogP) is 2.36. The fourth-order valence-corrected chi connectivity index (χ4v) is 1.49. The Morgan fingerprint density at radius 2 is 2.11 bits per heavy atom. The molecule has 0 atom stereocenters. The van der Waals surface area contributed by atoms with Crippen molar-refractivity contribution in [3.05, 3.63) is 53.6 Å². The van der Waals surface area contributed by atoms with Gasteiger partial charge >= 0.3 is 0 Å².